The lowest BCUT2D eigenvalue weighted by Gasteiger charge is -2.12. The molecule has 0 heterocycles. The van der Waals surface area contributed by atoms with Gasteiger partial charge in [-0.15, -0.1) is 0 Å². The summed E-state index contributed by atoms with van der Waals surface area (Å²) in [6, 6.07) is 8.90. The molecule has 0 saturated carbocycles. The molecule has 0 N–H and O–H groups in total. The second kappa shape index (κ2) is 6.66. The zero-order valence-electron chi connectivity index (χ0n) is 10.4. The van der Waals surface area contributed by atoms with Crippen molar-refractivity contribution in [3.8, 4) is 0 Å². The summed E-state index contributed by atoms with van der Waals surface area (Å²) in [6.07, 6.45) is 6.69. The second-order valence-corrected chi connectivity index (χ2v) is 4.66. The van der Waals surface area contributed by atoms with Gasteiger partial charge in [-0.3, -0.25) is 0 Å². The van der Waals surface area contributed by atoms with Crippen LogP contribution in [0.5, 0.6) is 0 Å². The quantitative estimate of drug-likeness (QED) is 0.576. The van der Waals surface area contributed by atoms with Crippen LogP contribution >= 0.6 is 0 Å². The minimum absolute atomic E-state index is 0.660. The molecule has 0 fully saturated rings. The summed E-state index contributed by atoms with van der Waals surface area (Å²) in [5.41, 5.74) is 3.10. The van der Waals surface area contributed by atoms with E-state index in [1.165, 1.54) is 37.7 Å². The Hall–Kier alpha value is -0.780. The SMILES string of the molecule is CCCCCCc1ccccc1C(C)C. The van der Waals surface area contributed by atoms with E-state index in [0.29, 0.717) is 5.92 Å². The average molecular weight is 204 g/mol. The van der Waals surface area contributed by atoms with E-state index in [0.717, 1.165) is 0 Å². The van der Waals surface area contributed by atoms with Crippen LogP contribution in [0.25, 0.3) is 0 Å². The van der Waals surface area contributed by atoms with Gasteiger partial charge < -0.3 is 0 Å². The van der Waals surface area contributed by atoms with Gasteiger partial charge in [0.05, 0.1) is 0 Å². The lowest BCUT2D eigenvalue weighted by atomic mass is 9.94. The molecule has 0 nitrogen and oxygen atoms in total. The fraction of sp³-hybridized carbons (Fsp3) is 0.600. The van der Waals surface area contributed by atoms with Gasteiger partial charge in [-0.2, -0.15) is 0 Å². The van der Waals surface area contributed by atoms with E-state index in [1.807, 2.05) is 0 Å². The average Bonchev–Trinajstić information content (AvgIpc) is 2.25. The topological polar surface area (TPSA) is 0 Å². The van der Waals surface area contributed by atoms with Gasteiger partial charge in [0.25, 0.3) is 0 Å². The zero-order valence-corrected chi connectivity index (χ0v) is 10.4. The molecule has 0 aliphatic carbocycles. The number of benzene rings is 1. The maximum Gasteiger partial charge on any atom is -0.0216 e. The molecule has 1 rings (SSSR count). The third-order valence-corrected chi connectivity index (χ3v) is 2.98. The molecule has 0 atom stereocenters. The van der Waals surface area contributed by atoms with Gasteiger partial charge in [0.15, 0.2) is 0 Å². The molecule has 0 unspecified atom stereocenters. The van der Waals surface area contributed by atoms with E-state index >= 15 is 0 Å². The predicted molar refractivity (Wildman–Crippen MR) is 68.4 cm³/mol. The number of aryl methyl sites for hydroxylation is 1. The van der Waals surface area contributed by atoms with Gasteiger partial charge in [0.2, 0.25) is 0 Å². The summed E-state index contributed by atoms with van der Waals surface area (Å²) in [5, 5.41) is 0. The molecule has 0 bridgehead atoms. The number of hydrogen-bond donors (Lipinski definition) is 0. The van der Waals surface area contributed by atoms with Crippen molar-refractivity contribution in [2.24, 2.45) is 0 Å². The van der Waals surface area contributed by atoms with Gasteiger partial charge in [-0.05, 0) is 29.9 Å². The Kier molecular flexibility index (Phi) is 5.45. The summed E-state index contributed by atoms with van der Waals surface area (Å²) in [5.74, 6) is 0.660. The van der Waals surface area contributed by atoms with Crippen molar-refractivity contribution >= 4 is 0 Å². The molecule has 0 spiro atoms. The third-order valence-electron chi connectivity index (χ3n) is 2.98. The number of unbranched alkanes of at least 4 members (excludes halogenated alkanes) is 3. The van der Waals surface area contributed by atoms with E-state index in [2.05, 4.69) is 45.0 Å². The predicted octanol–water partition coefficient (Wildman–Crippen LogP) is 4.93. The highest BCUT2D eigenvalue weighted by molar-refractivity contribution is 5.29. The summed E-state index contributed by atoms with van der Waals surface area (Å²) < 4.78 is 0. The molecule has 1 aromatic carbocycles. The highest BCUT2D eigenvalue weighted by Crippen LogP contribution is 2.21. The molecule has 0 amide bonds. The molecule has 0 aliphatic heterocycles. The Morgan fingerprint density at radius 3 is 2.40 bits per heavy atom. The molecule has 0 aromatic heterocycles. The van der Waals surface area contributed by atoms with E-state index in [9.17, 15) is 0 Å². The molecular formula is C15H24. The van der Waals surface area contributed by atoms with Crippen LogP contribution in [0.3, 0.4) is 0 Å². The zero-order chi connectivity index (χ0) is 11.1. The van der Waals surface area contributed by atoms with Crippen LogP contribution in [0.2, 0.25) is 0 Å². The molecule has 0 heteroatoms. The van der Waals surface area contributed by atoms with E-state index in [1.54, 1.807) is 5.56 Å². The first kappa shape index (κ1) is 12.3. The van der Waals surface area contributed by atoms with E-state index in [-0.39, 0.29) is 0 Å². The second-order valence-electron chi connectivity index (χ2n) is 4.66. The summed E-state index contributed by atoms with van der Waals surface area (Å²) in [6.45, 7) is 6.83. The minimum Gasteiger partial charge on any atom is -0.0654 e. The Morgan fingerprint density at radius 2 is 1.73 bits per heavy atom. The molecule has 15 heavy (non-hydrogen) atoms. The Labute approximate surface area is 94.7 Å². The van der Waals surface area contributed by atoms with Crippen molar-refractivity contribution in [3.63, 3.8) is 0 Å². The summed E-state index contributed by atoms with van der Waals surface area (Å²) in [7, 11) is 0. The smallest absolute Gasteiger partial charge is 0.0216 e. The number of rotatable bonds is 6. The van der Waals surface area contributed by atoms with Crippen LogP contribution in [0.1, 0.15) is 63.5 Å². The van der Waals surface area contributed by atoms with Crippen molar-refractivity contribution in [1.29, 1.82) is 0 Å². The highest BCUT2D eigenvalue weighted by atomic mass is 14.1. The highest BCUT2D eigenvalue weighted by Gasteiger charge is 2.04. The Balaban J connectivity index is 2.52. The lowest BCUT2D eigenvalue weighted by molar-refractivity contribution is 0.662. The first-order valence-corrected chi connectivity index (χ1v) is 6.33. The van der Waals surface area contributed by atoms with E-state index in [4.69, 9.17) is 0 Å². The standard InChI is InChI=1S/C15H24/c1-4-5-6-7-10-14-11-8-9-12-15(14)13(2)3/h8-9,11-13H,4-7,10H2,1-3H3. The van der Waals surface area contributed by atoms with Crippen molar-refractivity contribution in [2.45, 2.75) is 58.8 Å². The maximum atomic E-state index is 2.29. The van der Waals surface area contributed by atoms with Gasteiger partial charge in [0, 0.05) is 0 Å². The maximum absolute atomic E-state index is 2.29. The first-order chi connectivity index (χ1) is 7.25. The van der Waals surface area contributed by atoms with Gasteiger partial charge in [0.1, 0.15) is 0 Å². The molecular weight excluding hydrogens is 180 g/mol. The Bertz CT molecular complexity index is 273. The van der Waals surface area contributed by atoms with E-state index < -0.39 is 0 Å². The largest absolute Gasteiger partial charge is 0.0654 e. The summed E-state index contributed by atoms with van der Waals surface area (Å²) in [4.78, 5) is 0. The van der Waals surface area contributed by atoms with Crippen LogP contribution in [-0.2, 0) is 6.42 Å². The number of hydrogen-bond acceptors (Lipinski definition) is 0. The van der Waals surface area contributed by atoms with Crippen LogP contribution in [0.15, 0.2) is 24.3 Å². The Morgan fingerprint density at radius 1 is 1.00 bits per heavy atom. The monoisotopic (exact) mass is 204 g/mol. The molecule has 0 aliphatic rings. The van der Waals surface area contributed by atoms with Crippen LogP contribution in [-0.4, -0.2) is 0 Å². The van der Waals surface area contributed by atoms with Crippen molar-refractivity contribution in [2.75, 3.05) is 0 Å². The molecule has 0 saturated heterocycles. The van der Waals surface area contributed by atoms with Gasteiger partial charge in [-0.25, -0.2) is 0 Å². The van der Waals surface area contributed by atoms with Crippen LogP contribution in [0.4, 0.5) is 0 Å². The van der Waals surface area contributed by atoms with Crippen molar-refractivity contribution < 1.29 is 0 Å². The normalized spacial score (nSPS) is 10.9. The lowest BCUT2D eigenvalue weighted by Crippen LogP contribution is -1.96. The minimum atomic E-state index is 0.660. The molecule has 1 aromatic rings. The third kappa shape index (κ3) is 4.07. The molecule has 84 valence electrons. The van der Waals surface area contributed by atoms with Crippen LogP contribution < -0.4 is 0 Å². The van der Waals surface area contributed by atoms with Gasteiger partial charge in [-0.1, -0.05) is 64.3 Å². The van der Waals surface area contributed by atoms with Crippen LogP contribution in [0, 0.1) is 0 Å². The van der Waals surface area contributed by atoms with Crippen molar-refractivity contribution in [3.05, 3.63) is 35.4 Å². The molecule has 0 radical (unpaired) electrons. The fourth-order valence-electron chi connectivity index (χ4n) is 2.07. The fourth-order valence-corrected chi connectivity index (χ4v) is 2.07. The van der Waals surface area contributed by atoms with Crippen molar-refractivity contribution in [1.82, 2.24) is 0 Å². The summed E-state index contributed by atoms with van der Waals surface area (Å²) >= 11 is 0. The first-order valence-electron chi connectivity index (χ1n) is 6.33. The van der Waals surface area contributed by atoms with Gasteiger partial charge >= 0.3 is 0 Å².